The minimum atomic E-state index is -0.813. The molecular weight excluding hydrogens is 116 g/mol. The first-order chi connectivity index (χ1) is 3.71. The van der Waals surface area contributed by atoms with Crippen LogP contribution in [-0.2, 0) is 4.74 Å². The maximum Gasteiger partial charge on any atom is 0.0777 e. The lowest BCUT2D eigenvalue weighted by molar-refractivity contribution is 0.160. The van der Waals surface area contributed by atoms with E-state index in [-0.39, 0.29) is 0 Å². The van der Waals surface area contributed by atoms with Crippen molar-refractivity contribution in [3.63, 3.8) is 0 Å². The van der Waals surface area contributed by atoms with E-state index in [2.05, 4.69) is 13.1 Å². The van der Waals surface area contributed by atoms with Gasteiger partial charge in [0, 0.05) is 12.8 Å². The quantitative estimate of drug-likeness (QED) is 0.453. The lowest BCUT2D eigenvalue weighted by Gasteiger charge is -2.26. The third kappa shape index (κ3) is 1.60. The molecule has 0 atom stereocenters. The largest absolute Gasteiger partial charge is 0.385 e. The minimum absolute atomic E-state index is 0.813. The SMILES string of the molecule is C[Si]1(C)CCCOC1. The molecule has 0 aromatic carbocycles. The predicted octanol–water partition coefficient (Wildman–Crippen LogP) is 1.65. The summed E-state index contributed by atoms with van der Waals surface area (Å²) in [6.07, 6.45) is 2.40. The highest BCUT2D eigenvalue weighted by Crippen LogP contribution is 2.16. The van der Waals surface area contributed by atoms with Gasteiger partial charge in [-0.2, -0.15) is 0 Å². The molecular formula is C6H14OSi. The van der Waals surface area contributed by atoms with Crippen LogP contribution in [0.5, 0.6) is 0 Å². The van der Waals surface area contributed by atoms with Crippen LogP contribution in [0, 0.1) is 0 Å². The summed E-state index contributed by atoms with van der Waals surface area (Å²) >= 11 is 0. The summed E-state index contributed by atoms with van der Waals surface area (Å²) in [5.74, 6) is 0. The molecule has 0 spiro atoms. The Hall–Kier alpha value is 0.177. The van der Waals surface area contributed by atoms with Crippen LogP contribution in [-0.4, -0.2) is 20.9 Å². The first-order valence-corrected chi connectivity index (χ1v) is 6.70. The average molecular weight is 130 g/mol. The molecule has 1 heterocycles. The first kappa shape index (κ1) is 6.30. The highest BCUT2D eigenvalue weighted by atomic mass is 28.3. The highest BCUT2D eigenvalue weighted by molar-refractivity contribution is 6.77. The molecule has 0 unspecified atom stereocenters. The Morgan fingerprint density at radius 2 is 2.12 bits per heavy atom. The Kier molecular flexibility index (Phi) is 1.73. The summed E-state index contributed by atoms with van der Waals surface area (Å²) in [6, 6.07) is 1.47. The normalized spacial score (nSPS) is 27.8. The van der Waals surface area contributed by atoms with Crippen LogP contribution in [0.2, 0.25) is 19.1 Å². The molecule has 0 aliphatic carbocycles. The smallest absolute Gasteiger partial charge is 0.0777 e. The number of hydrogen-bond acceptors (Lipinski definition) is 1. The molecule has 1 nitrogen and oxygen atoms in total. The Balaban J connectivity index is 2.33. The van der Waals surface area contributed by atoms with Gasteiger partial charge >= 0.3 is 0 Å². The zero-order valence-corrected chi connectivity index (χ0v) is 6.74. The van der Waals surface area contributed by atoms with Crippen LogP contribution in [0.15, 0.2) is 0 Å². The zero-order valence-electron chi connectivity index (χ0n) is 5.74. The van der Waals surface area contributed by atoms with Crippen LogP contribution in [0.25, 0.3) is 0 Å². The van der Waals surface area contributed by atoms with Crippen LogP contribution in [0.1, 0.15) is 6.42 Å². The van der Waals surface area contributed by atoms with Crippen LogP contribution >= 0.6 is 0 Å². The van der Waals surface area contributed by atoms with Crippen LogP contribution in [0.3, 0.4) is 0 Å². The Morgan fingerprint density at radius 3 is 2.38 bits per heavy atom. The van der Waals surface area contributed by atoms with E-state index in [1.807, 2.05) is 0 Å². The van der Waals surface area contributed by atoms with Crippen molar-refractivity contribution in [3.8, 4) is 0 Å². The van der Waals surface area contributed by atoms with E-state index in [1.165, 1.54) is 12.5 Å². The third-order valence-electron chi connectivity index (χ3n) is 1.64. The van der Waals surface area contributed by atoms with Crippen molar-refractivity contribution in [3.05, 3.63) is 0 Å². The van der Waals surface area contributed by atoms with Crippen molar-refractivity contribution in [2.75, 3.05) is 12.8 Å². The molecule has 8 heavy (non-hydrogen) atoms. The van der Waals surface area contributed by atoms with E-state index < -0.39 is 8.07 Å². The molecule has 0 saturated carbocycles. The van der Waals surface area contributed by atoms with Crippen LogP contribution in [0.4, 0.5) is 0 Å². The number of rotatable bonds is 0. The van der Waals surface area contributed by atoms with Gasteiger partial charge in [0.15, 0.2) is 0 Å². The first-order valence-electron chi connectivity index (χ1n) is 3.28. The van der Waals surface area contributed by atoms with E-state index in [0.717, 1.165) is 12.8 Å². The monoisotopic (exact) mass is 130 g/mol. The molecule has 1 fully saturated rings. The number of ether oxygens (including phenoxy) is 1. The van der Waals surface area contributed by atoms with E-state index >= 15 is 0 Å². The van der Waals surface area contributed by atoms with Crippen molar-refractivity contribution in [1.29, 1.82) is 0 Å². The van der Waals surface area contributed by atoms with Crippen molar-refractivity contribution in [1.82, 2.24) is 0 Å². The second kappa shape index (κ2) is 2.19. The van der Waals surface area contributed by atoms with E-state index in [4.69, 9.17) is 4.74 Å². The molecule has 1 rings (SSSR count). The van der Waals surface area contributed by atoms with Gasteiger partial charge in [-0.25, -0.2) is 0 Å². The summed E-state index contributed by atoms with van der Waals surface area (Å²) in [4.78, 5) is 0. The molecule has 1 aliphatic heterocycles. The van der Waals surface area contributed by atoms with E-state index in [0.29, 0.717) is 0 Å². The summed E-state index contributed by atoms with van der Waals surface area (Å²) < 4.78 is 5.35. The molecule has 1 aliphatic rings. The van der Waals surface area contributed by atoms with Crippen LogP contribution < -0.4 is 0 Å². The predicted molar refractivity (Wildman–Crippen MR) is 37.7 cm³/mol. The maximum atomic E-state index is 5.35. The molecule has 2 heteroatoms. The van der Waals surface area contributed by atoms with Crippen molar-refractivity contribution in [2.45, 2.75) is 25.6 Å². The van der Waals surface area contributed by atoms with E-state index in [9.17, 15) is 0 Å². The fourth-order valence-electron chi connectivity index (χ4n) is 1.07. The standard InChI is InChI=1S/C6H14OSi/c1-8(2)5-3-4-7-6-8/h3-6H2,1-2H3. The molecule has 0 aromatic heterocycles. The summed E-state index contributed by atoms with van der Waals surface area (Å²) in [5, 5.41) is 0. The lowest BCUT2D eigenvalue weighted by Crippen LogP contribution is -2.36. The fraction of sp³-hybridized carbons (Fsp3) is 1.00. The molecule has 0 radical (unpaired) electrons. The molecule has 0 bridgehead atoms. The maximum absolute atomic E-state index is 5.35. The van der Waals surface area contributed by atoms with Gasteiger partial charge < -0.3 is 4.74 Å². The average Bonchev–Trinajstić information content (AvgIpc) is 1.65. The van der Waals surface area contributed by atoms with Gasteiger partial charge in [-0.3, -0.25) is 0 Å². The van der Waals surface area contributed by atoms with E-state index in [1.54, 1.807) is 0 Å². The van der Waals surface area contributed by atoms with Gasteiger partial charge in [-0.15, -0.1) is 0 Å². The Labute approximate surface area is 52.1 Å². The highest BCUT2D eigenvalue weighted by Gasteiger charge is 2.23. The van der Waals surface area contributed by atoms with Crippen molar-refractivity contribution >= 4 is 8.07 Å². The molecule has 1 saturated heterocycles. The number of hydrogen-bond donors (Lipinski definition) is 0. The van der Waals surface area contributed by atoms with Gasteiger partial charge in [0.25, 0.3) is 0 Å². The zero-order chi connectivity index (χ0) is 6.04. The summed E-state index contributed by atoms with van der Waals surface area (Å²) in [6.45, 7) is 5.80. The summed E-state index contributed by atoms with van der Waals surface area (Å²) in [7, 11) is -0.813. The van der Waals surface area contributed by atoms with Gasteiger partial charge in [0.1, 0.15) is 0 Å². The van der Waals surface area contributed by atoms with Gasteiger partial charge in [0.05, 0.1) is 8.07 Å². The van der Waals surface area contributed by atoms with Gasteiger partial charge in [0.2, 0.25) is 0 Å². The lowest BCUT2D eigenvalue weighted by atomic mass is 10.5. The van der Waals surface area contributed by atoms with Crippen molar-refractivity contribution in [2.24, 2.45) is 0 Å². The van der Waals surface area contributed by atoms with Gasteiger partial charge in [-0.05, 0) is 6.42 Å². The van der Waals surface area contributed by atoms with Gasteiger partial charge in [-0.1, -0.05) is 19.1 Å². The van der Waals surface area contributed by atoms with Crippen molar-refractivity contribution < 1.29 is 4.74 Å². The third-order valence-corrected chi connectivity index (χ3v) is 4.33. The minimum Gasteiger partial charge on any atom is -0.385 e. The Bertz CT molecular complexity index is 72.6. The molecule has 48 valence electrons. The second-order valence-electron chi connectivity index (χ2n) is 3.32. The Morgan fingerprint density at radius 1 is 1.38 bits per heavy atom. The molecule has 0 aromatic rings. The molecule has 0 N–H and O–H groups in total. The molecule has 0 amide bonds. The summed E-state index contributed by atoms with van der Waals surface area (Å²) in [5.41, 5.74) is 0. The topological polar surface area (TPSA) is 9.23 Å². The second-order valence-corrected chi connectivity index (χ2v) is 8.44. The fourth-order valence-corrected chi connectivity index (χ4v) is 3.02.